The number of aliphatic carboxylic acids is 1. The van der Waals surface area contributed by atoms with Gasteiger partial charge in [-0.1, -0.05) is 0 Å². The molecule has 0 bridgehead atoms. The topological polar surface area (TPSA) is 59.4 Å². The van der Waals surface area contributed by atoms with E-state index in [0.29, 0.717) is 3.57 Å². The number of ether oxygens (including phenoxy) is 1. The molecule has 1 aromatic heterocycles. The van der Waals surface area contributed by atoms with Crippen molar-refractivity contribution >= 4 is 28.6 Å². The van der Waals surface area contributed by atoms with Crippen molar-refractivity contribution in [2.75, 3.05) is 7.11 Å². The SMILES string of the molecule is COc1c(I)cnc(C(F)F)c1CC(=O)O. The summed E-state index contributed by atoms with van der Waals surface area (Å²) >= 11 is 1.85. The van der Waals surface area contributed by atoms with Gasteiger partial charge in [0.15, 0.2) is 0 Å². The van der Waals surface area contributed by atoms with E-state index in [1.165, 1.54) is 13.3 Å². The Labute approximate surface area is 104 Å². The molecule has 0 spiro atoms. The molecule has 0 aliphatic heterocycles. The highest BCUT2D eigenvalue weighted by Crippen LogP contribution is 2.32. The minimum atomic E-state index is -2.82. The molecule has 1 rings (SSSR count). The summed E-state index contributed by atoms with van der Waals surface area (Å²) in [6, 6.07) is 0. The Balaban J connectivity index is 3.34. The summed E-state index contributed by atoms with van der Waals surface area (Å²) in [6.07, 6.45) is -2.13. The standard InChI is InChI=1S/C9H8F2INO3/c1-16-8-4(2-6(14)15)7(9(10)11)13-3-5(8)12/h3,9H,2H2,1H3,(H,14,15). The van der Waals surface area contributed by atoms with Gasteiger partial charge in [-0.2, -0.15) is 0 Å². The van der Waals surface area contributed by atoms with Crippen LogP contribution in [0, 0.1) is 3.57 Å². The minimum Gasteiger partial charge on any atom is -0.495 e. The van der Waals surface area contributed by atoms with Gasteiger partial charge in [-0.25, -0.2) is 8.78 Å². The van der Waals surface area contributed by atoms with Crippen molar-refractivity contribution in [3.63, 3.8) is 0 Å². The molecule has 1 N–H and O–H groups in total. The highest BCUT2D eigenvalue weighted by atomic mass is 127. The van der Waals surface area contributed by atoms with E-state index in [1.807, 2.05) is 22.6 Å². The molecule has 0 aliphatic rings. The van der Waals surface area contributed by atoms with Crippen LogP contribution in [0.4, 0.5) is 8.78 Å². The molecule has 0 radical (unpaired) electrons. The number of pyridine rings is 1. The van der Waals surface area contributed by atoms with Gasteiger partial charge in [0.1, 0.15) is 11.4 Å². The predicted octanol–water partition coefficient (Wildman–Crippen LogP) is 2.26. The summed E-state index contributed by atoms with van der Waals surface area (Å²) in [6.45, 7) is 0. The minimum absolute atomic E-state index is 0.0723. The van der Waals surface area contributed by atoms with E-state index in [-0.39, 0.29) is 11.3 Å². The molecule has 0 amide bonds. The molecule has 4 nitrogen and oxygen atoms in total. The molecule has 88 valence electrons. The van der Waals surface area contributed by atoms with Gasteiger partial charge < -0.3 is 9.84 Å². The Morgan fingerprint density at radius 1 is 1.69 bits per heavy atom. The summed E-state index contributed by atoms with van der Waals surface area (Å²) in [5.74, 6) is -1.06. The molecule has 1 heterocycles. The number of carboxylic acids is 1. The first kappa shape index (κ1) is 13.1. The smallest absolute Gasteiger partial charge is 0.308 e. The fraction of sp³-hybridized carbons (Fsp3) is 0.333. The summed E-state index contributed by atoms with van der Waals surface area (Å²) < 4.78 is 30.6. The largest absolute Gasteiger partial charge is 0.495 e. The summed E-state index contributed by atoms with van der Waals surface area (Å²) in [5.41, 5.74) is -0.614. The van der Waals surface area contributed by atoms with E-state index in [2.05, 4.69) is 4.98 Å². The first-order chi connectivity index (χ1) is 7.47. The van der Waals surface area contributed by atoms with Crippen LogP contribution >= 0.6 is 22.6 Å². The summed E-state index contributed by atoms with van der Waals surface area (Å²) in [4.78, 5) is 14.1. The average Bonchev–Trinajstić information content (AvgIpc) is 2.16. The third kappa shape index (κ3) is 2.77. The van der Waals surface area contributed by atoms with Gasteiger partial charge >= 0.3 is 5.97 Å². The molecule has 0 fully saturated rings. The summed E-state index contributed by atoms with van der Waals surface area (Å²) in [7, 11) is 1.30. The van der Waals surface area contributed by atoms with Gasteiger partial charge in [0, 0.05) is 11.8 Å². The molecule has 0 aromatic carbocycles. The van der Waals surface area contributed by atoms with E-state index < -0.39 is 24.5 Å². The number of nitrogens with zero attached hydrogens (tertiary/aromatic N) is 1. The molecule has 0 saturated carbocycles. The van der Waals surface area contributed by atoms with Gasteiger partial charge in [-0.15, -0.1) is 0 Å². The number of hydrogen-bond acceptors (Lipinski definition) is 3. The van der Waals surface area contributed by atoms with Crippen LogP contribution in [0.15, 0.2) is 6.20 Å². The van der Waals surface area contributed by atoms with Crippen molar-refractivity contribution < 1.29 is 23.4 Å². The number of halogens is 3. The zero-order chi connectivity index (χ0) is 12.3. The van der Waals surface area contributed by atoms with E-state index in [1.54, 1.807) is 0 Å². The third-order valence-electron chi connectivity index (χ3n) is 1.86. The van der Waals surface area contributed by atoms with Crippen molar-refractivity contribution in [2.45, 2.75) is 12.8 Å². The number of carboxylic acid groups (broad SMARTS) is 1. The average molecular weight is 343 g/mol. The van der Waals surface area contributed by atoms with Crippen LogP contribution in [0.5, 0.6) is 5.75 Å². The maximum atomic E-state index is 12.6. The van der Waals surface area contributed by atoms with Crippen LogP contribution in [-0.4, -0.2) is 23.2 Å². The van der Waals surface area contributed by atoms with Crippen LogP contribution in [0.3, 0.4) is 0 Å². The van der Waals surface area contributed by atoms with Crippen molar-refractivity contribution in [3.05, 3.63) is 21.0 Å². The lowest BCUT2D eigenvalue weighted by atomic mass is 10.1. The summed E-state index contributed by atoms with van der Waals surface area (Å²) in [5, 5.41) is 8.65. The lowest BCUT2D eigenvalue weighted by molar-refractivity contribution is -0.136. The zero-order valence-corrected chi connectivity index (χ0v) is 10.4. The van der Waals surface area contributed by atoms with Crippen molar-refractivity contribution in [2.24, 2.45) is 0 Å². The molecular formula is C9H8F2INO3. The zero-order valence-electron chi connectivity index (χ0n) is 8.21. The van der Waals surface area contributed by atoms with Crippen LogP contribution in [0.1, 0.15) is 17.7 Å². The van der Waals surface area contributed by atoms with Crippen LogP contribution in [0.25, 0.3) is 0 Å². The normalized spacial score (nSPS) is 10.6. The fourth-order valence-electron chi connectivity index (χ4n) is 1.25. The Hall–Kier alpha value is -0.990. The van der Waals surface area contributed by atoms with Crippen molar-refractivity contribution in [3.8, 4) is 5.75 Å². The maximum Gasteiger partial charge on any atom is 0.308 e. The second-order valence-electron chi connectivity index (χ2n) is 2.87. The molecule has 1 aromatic rings. The molecule has 0 aliphatic carbocycles. The van der Waals surface area contributed by atoms with Crippen molar-refractivity contribution in [1.82, 2.24) is 4.98 Å². The Kier molecular flexibility index (Phi) is 4.39. The molecule has 16 heavy (non-hydrogen) atoms. The third-order valence-corrected chi connectivity index (χ3v) is 2.62. The second-order valence-corrected chi connectivity index (χ2v) is 4.04. The van der Waals surface area contributed by atoms with Gasteiger partial charge in [0.05, 0.1) is 17.1 Å². The quantitative estimate of drug-likeness (QED) is 0.852. The Morgan fingerprint density at radius 2 is 2.31 bits per heavy atom. The maximum absolute atomic E-state index is 12.6. The lowest BCUT2D eigenvalue weighted by Crippen LogP contribution is -2.09. The van der Waals surface area contributed by atoms with Crippen molar-refractivity contribution in [1.29, 1.82) is 0 Å². The number of carbonyl (C=O) groups is 1. The van der Waals surface area contributed by atoms with E-state index in [9.17, 15) is 13.6 Å². The van der Waals surface area contributed by atoms with Gasteiger partial charge in [-0.05, 0) is 22.6 Å². The lowest BCUT2D eigenvalue weighted by Gasteiger charge is -2.12. The van der Waals surface area contributed by atoms with E-state index >= 15 is 0 Å². The molecule has 0 unspecified atom stereocenters. The first-order valence-corrected chi connectivity index (χ1v) is 5.26. The Bertz CT molecular complexity index is 412. The number of aromatic nitrogens is 1. The highest BCUT2D eigenvalue weighted by molar-refractivity contribution is 14.1. The highest BCUT2D eigenvalue weighted by Gasteiger charge is 2.22. The van der Waals surface area contributed by atoms with Gasteiger partial charge in [0.2, 0.25) is 0 Å². The van der Waals surface area contributed by atoms with E-state index in [4.69, 9.17) is 9.84 Å². The van der Waals surface area contributed by atoms with Gasteiger partial charge in [-0.3, -0.25) is 9.78 Å². The van der Waals surface area contributed by atoms with E-state index in [0.717, 1.165) is 0 Å². The monoisotopic (exact) mass is 343 g/mol. The molecule has 0 atom stereocenters. The van der Waals surface area contributed by atoms with Gasteiger partial charge in [0.25, 0.3) is 6.43 Å². The second kappa shape index (κ2) is 5.37. The molecular weight excluding hydrogens is 335 g/mol. The fourth-order valence-corrected chi connectivity index (χ4v) is 1.94. The number of methoxy groups -OCH3 is 1. The van der Waals surface area contributed by atoms with Crippen LogP contribution in [0.2, 0.25) is 0 Å². The number of alkyl halides is 2. The number of rotatable bonds is 4. The van der Waals surface area contributed by atoms with Crippen LogP contribution < -0.4 is 4.74 Å². The molecule has 7 heteroatoms. The number of hydrogen-bond donors (Lipinski definition) is 1. The molecule has 0 saturated heterocycles. The van der Waals surface area contributed by atoms with Crippen LogP contribution in [-0.2, 0) is 11.2 Å². The predicted molar refractivity (Wildman–Crippen MR) is 59.8 cm³/mol. The Morgan fingerprint density at radius 3 is 2.75 bits per heavy atom. The first-order valence-electron chi connectivity index (χ1n) is 4.18.